The summed E-state index contributed by atoms with van der Waals surface area (Å²) in [5.74, 6) is 0.00719. The Morgan fingerprint density at radius 1 is 0.923 bits per heavy atom. The summed E-state index contributed by atoms with van der Waals surface area (Å²) in [6, 6.07) is 22.7. The fourth-order valence-electron chi connectivity index (χ4n) is 3.55. The van der Waals surface area contributed by atoms with Gasteiger partial charge in [-0.3, -0.25) is 4.79 Å². The van der Waals surface area contributed by atoms with Crippen LogP contribution in [0.1, 0.15) is 12.0 Å². The first kappa shape index (κ1) is 15.3. The number of carbonyl (C=O) groups is 1. The van der Waals surface area contributed by atoms with E-state index in [1.165, 1.54) is 21.9 Å². The Balaban J connectivity index is 1.38. The molecule has 126 valence electrons. The van der Waals surface area contributed by atoms with Gasteiger partial charge in [-0.05, 0) is 22.8 Å². The highest BCUT2D eigenvalue weighted by molar-refractivity contribution is 7.20. The van der Waals surface area contributed by atoms with E-state index < -0.39 is 0 Å². The summed E-state index contributed by atoms with van der Waals surface area (Å²) in [4.78, 5) is 18.2. The van der Waals surface area contributed by atoms with E-state index in [0.29, 0.717) is 11.6 Å². The maximum Gasteiger partial charge on any atom is 0.226 e. The van der Waals surface area contributed by atoms with Crippen molar-refractivity contribution in [2.75, 3.05) is 5.32 Å². The van der Waals surface area contributed by atoms with Crippen LogP contribution in [-0.4, -0.2) is 10.9 Å². The SMILES string of the molecule is O=C(CCc1ccccc1)Nc1nc2c(s1)-c1cccc3cccc-2c13. The lowest BCUT2D eigenvalue weighted by atomic mass is 10.0. The number of nitrogens with zero attached hydrogens (tertiary/aromatic N) is 1. The average Bonchev–Trinajstić information content (AvgIpc) is 3.21. The summed E-state index contributed by atoms with van der Waals surface area (Å²) >= 11 is 1.56. The van der Waals surface area contributed by atoms with Crippen LogP contribution < -0.4 is 5.32 Å². The summed E-state index contributed by atoms with van der Waals surface area (Å²) in [6.45, 7) is 0. The van der Waals surface area contributed by atoms with Crippen molar-refractivity contribution in [3.8, 4) is 21.7 Å². The smallest absolute Gasteiger partial charge is 0.226 e. The minimum atomic E-state index is 0.00719. The van der Waals surface area contributed by atoms with Crippen molar-refractivity contribution in [1.82, 2.24) is 4.98 Å². The molecule has 1 aromatic heterocycles. The van der Waals surface area contributed by atoms with Crippen LogP contribution in [0.5, 0.6) is 0 Å². The molecule has 4 aromatic rings. The molecule has 3 nitrogen and oxygen atoms in total. The lowest BCUT2D eigenvalue weighted by molar-refractivity contribution is -0.116. The number of thiazole rings is 1. The van der Waals surface area contributed by atoms with Crippen molar-refractivity contribution >= 4 is 33.1 Å². The van der Waals surface area contributed by atoms with Gasteiger partial charge in [0.25, 0.3) is 0 Å². The molecule has 0 saturated carbocycles. The first-order chi connectivity index (χ1) is 12.8. The molecule has 4 heteroatoms. The first-order valence-electron chi connectivity index (χ1n) is 8.67. The highest BCUT2D eigenvalue weighted by Gasteiger charge is 2.25. The molecule has 0 unspecified atom stereocenters. The molecule has 0 saturated heterocycles. The highest BCUT2D eigenvalue weighted by Crippen LogP contribution is 2.50. The number of carbonyl (C=O) groups excluding carboxylic acids is 1. The van der Waals surface area contributed by atoms with E-state index >= 15 is 0 Å². The summed E-state index contributed by atoms with van der Waals surface area (Å²) in [7, 11) is 0. The van der Waals surface area contributed by atoms with Crippen LogP contribution >= 0.6 is 11.3 Å². The van der Waals surface area contributed by atoms with E-state index in [4.69, 9.17) is 4.98 Å². The van der Waals surface area contributed by atoms with Gasteiger partial charge in [-0.2, -0.15) is 0 Å². The molecule has 0 aliphatic heterocycles. The normalized spacial score (nSPS) is 11.5. The summed E-state index contributed by atoms with van der Waals surface area (Å²) < 4.78 is 0. The van der Waals surface area contributed by atoms with Crippen molar-refractivity contribution in [2.24, 2.45) is 0 Å². The first-order valence-corrected chi connectivity index (χ1v) is 9.48. The Hall–Kier alpha value is -2.98. The van der Waals surface area contributed by atoms with Gasteiger partial charge in [-0.1, -0.05) is 78.1 Å². The van der Waals surface area contributed by atoms with E-state index in [1.54, 1.807) is 11.3 Å². The number of aromatic nitrogens is 1. The number of nitrogens with one attached hydrogen (secondary N) is 1. The Morgan fingerprint density at radius 2 is 1.69 bits per heavy atom. The van der Waals surface area contributed by atoms with Gasteiger partial charge >= 0.3 is 0 Å². The van der Waals surface area contributed by atoms with Crippen LogP contribution in [-0.2, 0) is 11.2 Å². The monoisotopic (exact) mass is 356 g/mol. The van der Waals surface area contributed by atoms with Gasteiger partial charge in [0.2, 0.25) is 5.91 Å². The number of amides is 1. The van der Waals surface area contributed by atoms with Gasteiger partial charge in [0.1, 0.15) is 0 Å². The van der Waals surface area contributed by atoms with Crippen LogP contribution in [0.3, 0.4) is 0 Å². The van der Waals surface area contributed by atoms with Gasteiger partial charge in [0, 0.05) is 17.5 Å². The zero-order valence-electron chi connectivity index (χ0n) is 14.0. The molecule has 1 aliphatic rings. The molecule has 0 radical (unpaired) electrons. The Kier molecular flexibility index (Phi) is 3.57. The maximum absolute atomic E-state index is 12.3. The molecule has 1 aliphatic carbocycles. The zero-order valence-corrected chi connectivity index (χ0v) is 14.8. The van der Waals surface area contributed by atoms with Crippen LogP contribution in [0.15, 0.2) is 66.7 Å². The molecule has 0 fully saturated rings. The third-order valence-corrected chi connectivity index (χ3v) is 5.77. The fraction of sp³-hybridized carbons (Fsp3) is 0.0909. The quantitative estimate of drug-likeness (QED) is 0.461. The molecule has 3 aromatic carbocycles. The number of anilines is 1. The topological polar surface area (TPSA) is 42.0 Å². The summed E-state index contributed by atoms with van der Waals surface area (Å²) in [5, 5.41) is 6.16. The summed E-state index contributed by atoms with van der Waals surface area (Å²) in [6.07, 6.45) is 1.19. The number of fused-ring (bicyclic) bond motifs is 3. The lowest BCUT2D eigenvalue weighted by Crippen LogP contribution is -2.12. The fourth-order valence-corrected chi connectivity index (χ4v) is 4.58. The zero-order chi connectivity index (χ0) is 17.5. The van der Waals surface area contributed by atoms with E-state index in [1.807, 2.05) is 30.3 Å². The van der Waals surface area contributed by atoms with Crippen LogP contribution in [0, 0.1) is 0 Å². The van der Waals surface area contributed by atoms with E-state index in [0.717, 1.165) is 22.6 Å². The van der Waals surface area contributed by atoms with Crippen molar-refractivity contribution in [2.45, 2.75) is 12.8 Å². The number of hydrogen-bond donors (Lipinski definition) is 1. The van der Waals surface area contributed by atoms with Crippen molar-refractivity contribution < 1.29 is 4.79 Å². The second-order valence-corrected chi connectivity index (χ2v) is 7.44. The lowest BCUT2D eigenvalue weighted by Gasteiger charge is -2.04. The van der Waals surface area contributed by atoms with Gasteiger partial charge in [0.05, 0.1) is 10.6 Å². The third-order valence-electron chi connectivity index (χ3n) is 4.76. The molecule has 0 atom stereocenters. The predicted octanol–water partition coefficient (Wildman–Crippen LogP) is 5.52. The van der Waals surface area contributed by atoms with Crippen molar-refractivity contribution in [3.63, 3.8) is 0 Å². The van der Waals surface area contributed by atoms with E-state index in [-0.39, 0.29) is 5.91 Å². The number of rotatable bonds is 4. The third kappa shape index (κ3) is 2.50. The Labute approximate surface area is 155 Å². The van der Waals surface area contributed by atoms with Gasteiger partial charge in [0.15, 0.2) is 5.13 Å². The van der Waals surface area contributed by atoms with E-state index in [2.05, 4.69) is 41.7 Å². The Morgan fingerprint density at radius 3 is 2.50 bits per heavy atom. The van der Waals surface area contributed by atoms with Crippen molar-refractivity contribution in [1.29, 1.82) is 0 Å². The molecule has 1 heterocycles. The molecule has 1 amide bonds. The molecule has 5 rings (SSSR count). The second kappa shape index (κ2) is 6.07. The number of hydrogen-bond acceptors (Lipinski definition) is 3. The standard InChI is InChI=1S/C22H16N2OS/c25-18(13-12-14-6-2-1-3-7-14)23-22-24-20-16-10-4-8-15-9-5-11-17(19(15)16)21(20)26-22/h1-11H,12-13H2,(H,23,24,25). The average molecular weight is 356 g/mol. The molecule has 0 bridgehead atoms. The minimum absolute atomic E-state index is 0.00719. The molecular formula is C22H16N2OS. The van der Waals surface area contributed by atoms with Gasteiger partial charge in [-0.25, -0.2) is 4.98 Å². The van der Waals surface area contributed by atoms with Gasteiger partial charge in [-0.15, -0.1) is 0 Å². The second-order valence-electron chi connectivity index (χ2n) is 6.44. The minimum Gasteiger partial charge on any atom is -0.302 e. The maximum atomic E-state index is 12.3. The van der Waals surface area contributed by atoms with Crippen LogP contribution in [0.4, 0.5) is 5.13 Å². The van der Waals surface area contributed by atoms with Crippen molar-refractivity contribution in [3.05, 3.63) is 72.3 Å². The highest BCUT2D eigenvalue weighted by atomic mass is 32.1. The molecule has 26 heavy (non-hydrogen) atoms. The van der Waals surface area contributed by atoms with Crippen LogP contribution in [0.25, 0.3) is 32.5 Å². The Bertz CT molecular complexity index is 1080. The van der Waals surface area contributed by atoms with Gasteiger partial charge < -0.3 is 5.32 Å². The van der Waals surface area contributed by atoms with Crippen LogP contribution in [0.2, 0.25) is 0 Å². The molecule has 1 N–H and O–H groups in total. The largest absolute Gasteiger partial charge is 0.302 e. The number of aryl methyl sites for hydroxylation is 1. The number of benzene rings is 3. The molecule has 0 spiro atoms. The van der Waals surface area contributed by atoms with E-state index in [9.17, 15) is 4.79 Å². The summed E-state index contributed by atoms with van der Waals surface area (Å²) in [5.41, 5.74) is 4.54. The molecular weight excluding hydrogens is 340 g/mol. The predicted molar refractivity (Wildman–Crippen MR) is 107 cm³/mol.